The predicted molar refractivity (Wildman–Crippen MR) is 138 cm³/mol. The summed E-state index contributed by atoms with van der Waals surface area (Å²) >= 11 is 0. The van der Waals surface area contributed by atoms with Gasteiger partial charge in [-0.25, -0.2) is 4.68 Å². The van der Waals surface area contributed by atoms with E-state index in [-0.39, 0.29) is 11.8 Å². The molecule has 0 fully saturated rings. The van der Waals surface area contributed by atoms with Crippen molar-refractivity contribution in [2.24, 2.45) is 0 Å². The molecule has 0 saturated heterocycles. The van der Waals surface area contributed by atoms with Crippen LogP contribution in [0.2, 0.25) is 0 Å². The molecule has 4 rings (SSSR count). The van der Waals surface area contributed by atoms with Gasteiger partial charge in [-0.1, -0.05) is 30.3 Å². The average Bonchev–Trinajstić information content (AvgIpc) is 3.17. The zero-order chi connectivity index (χ0) is 24.8. The third-order valence-corrected chi connectivity index (χ3v) is 5.52. The van der Waals surface area contributed by atoms with Crippen molar-refractivity contribution in [2.45, 2.75) is 13.8 Å². The van der Waals surface area contributed by atoms with Gasteiger partial charge in [-0.05, 0) is 68.5 Å². The van der Waals surface area contributed by atoms with Gasteiger partial charge in [0.05, 0.1) is 24.2 Å². The molecule has 0 atom stereocenters. The molecule has 0 unspecified atom stereocenters. The van der Waals surface area contributed by atoms with Crippen molar-refractivity contribution < 1.29 is 14.3 Å². The Morgan fingerprint density at radius 1 is 0.886 bits per heavy atom. The first-order valence-electron chi connectivity index (χ1n) is 11.1. The Hall–Kier alpha value is -4.65. The van der Waals surface area contributed by atoms with Crippen LogP contribution in [-0.4, -0.2) is 28.7 Å². The molecule has 0 spiro atoms. The maximum absolute atomic E-state index is 12.6. The SMILES string of the molecule is COc1ccccc1NC(=O)c1ccc(NC(=O)/C=C/c2c(C)nn(-c3ccccc3)c2C)cc1. The number of nitrogens with zero attached hydrogens (tertiary/aromatic N) is 2. The van der Waals surface area contributed by atoms with Crippen molar-refractivity contribution in [2.75, 3.05) is 17.7 Å². The molecule has 3 aromatic carbocycles. The van der Waals surface area contributed by atoms with Crippen molar-refractivity contribution in [3.05, 3.63) is 107 Å². The first kappa shape index (κ1) is 23.5. The summed E-state index contributed by atoms with van der Waals surface area (Å²) in [5, 5.41) is 10.2. The standard InChI is InChI=1S/C28H26N4O3/c1-19-24(20(2)32(31-19)23-9-5-4-6-10-23)17-18-27(33)29-22-15-13-21(14-16-22)28(34)30-25-11-7-8-12-26(25)35-3/h4-18H,1-3H3,(H,29,33)(H,30,34)/b18-17+. The third kappa shape index (κ3) is 5.47. The highest BCUT2D eigenvalue weighted by molar-refractivity contribution is 6.06. The van der Waals surface area contributed by atoms with Gasteiger partial charge >= 0.3 is 0 Å². The molecule has 4 aromatic rings. The molecule has 7 heteroatoms. The summed E-state index contributed by atoms with van der Waals surface area (Å²) in [6.45, 7) is 3.89. The number of aromatic nitrogens is 2. The van der Waals surface area contributed by atoms with Crippen LogP contribution in [0.25, 0.3) is 11.8 Å². The summed E-state index contributed by atoms with van der Waals surface area (Å²) in [6.07, 6.45) is 3.25. The zero-order valence-electron chi connectivity index (χ0n) is 19.8. The minimum atomic E-state index is -0.275. The van der Waals surface area contributed by atoms with Crippen molar-refractivity contribution >= 4 is 29.3 Å². The maximum Gasteiger partial charge on any atom is 0.255 e. The molecule has 0 saturated carbocycles. The van der Waals surface area contributed by atoms with Gasteiger partial charge in [-0.3, -0.25) is 9.59 Å². The number of aryl methyl sites for hydroxylation is 1. The molecule has 0 aliphatic heterocycles. The summed E-state index contributed by atoms with van der Waals surface area (Å²) in [4.78, 5) is 25.1. The Labute approximate surface area is 204 Å². The molecule has 0 aliphatic carbocycles. The van der Waals surface area contributed by atoms with Crippen LogP contribution in [0.3, 0.4) is 0 Å². The van der Waals surface area contributed by atoms with E-state index in [2.05, 4.69) is 15.7 Å². The predicted octanol–water partition coefficient (Wildman–Crippen LogP) is 5.40. The Morgan fingerprint density at radius 3 is 2.29 bits per heavy atom. The van der Waals surface area contributed by atoms with Crippen LogP contribution in [-0.2, 0) is 4.79 Å². The van der Waals surface area contributed by atoms with Crippen LogP contribution in [0.5, 0.6) is 5.75 Å². The van der Waals surface area contributed by atoms with E-state index in [1.807, 2.05) is 61.0 Å². The summed E-state index contributed by atoms with van der Waals surface area (Å²) in [6, 6.07) is 23.7. The van der Waals surface area contributed by atoms with Crippen molar-refractivity contribution in [1.29, 1.82) is 0 Å². The lowest BCUT2D eigenvalue weighted by atomic mass is 10.1. The number of nitrogens with one attached hydrogen (secondary N) is 2. The van der Waals surface area contributed by atoms with E-state index in [0.29, 0.717) is 22.7 Å². The largest absolute Gasteiger partial charge is 0.495 e. The summed E-state index contributed by atoms with van der Waals surface area (Å²) in [5.74, 6) is 0.0347. The lowest BCUT2D eigenvalue weighted by Crippen LogP contribution is -2.13. The van der Waals surface area contributed by atoms with Crippen LogP contribution >= 0.6 is 0 Å². The van der Waals surface area contributed by atoms with Crippen LogP contribution < -0.4 is 15.4 Å². The number of hydrogen-bond donors (Lipinski definition) is 2. The van der Waals surface area contributed by atoms with Crippen molar-refractivity contribution in [3.63, 3.8) is 0 Å². The third-order valence-electron chi connectivity index (χ3n) is 5.52. The monoisotopic (exact) mass is 466 g/mol. The van der Waals surface area contributed by atoms with Gasteiger partial charge in [0, 0.05) is 28.6 Å². The first-order valence-corrected chi connectivity index (χ1v) is 11.1. The molecule has 0 radical (unpaired) electrons. The molecular weight excluding hydrogens is 440 g/mol. The molecule has 1 heterocycles. The molecular formula is C28H26N4O3. The fourth-order valence-electron chi connectivity index (χ4n) is 3.71. The minimum Gasteiger partial charge on any atom is -0.495 e. The van der Waals surface area contributed by atoms with Crippen LogP contribution in [0.4, 0.5) is 11.4 Å². The van der Waals surface area contributed by atoms with Crippen LogP contribution in [0.15, 0.2) is 84.9 Å². The van der Waals surface area contributed by atoms with Gasteiger partial charge in [-0.15, -0.1) is 0 Å². The fourth-order valence-corrected chi connectivity index (χ4v) is 3.71. The normalized spacial score (nSPS) is 10.8. The number of benzene rings is 3. The summed E-state index contributed by atoms with van der Waals surface area (Å²) < 4.78 is 7.13. The van der Waals surface area contributed by atoms with Crippen LogP contribution in [0.1, 0.15) is 27.3 Å². The van der Waals surface area contributed by atoms with E-state index in [4.69, 9.17) is 4.74 Å². The number of ether oxygens (including phenoxy) is 1. The molecule has 35 heavy (non-hydrogen) atoms. The summed E-state index contributed by atoms with van der Waals surface area (Å²) in [7, 11) is 1.55. The number of rotatable bonds is 7. The van der Waals surface area contributed by atoms with Crippen LogP contribution in [0, 0.1) is 13.8 Å². The fraction of sp³-hybridized carbons (Fsp3) is 0.107. The zero-order valence-corrected chi connectivity index (χ0v) is 19.8. The molecule has 2 amide bonds. The van der Waals surface area contributed by atoms with E-state index in [1.165, 1.54) is 6.08 Å². The highest BCUT2D eigenvalue weighted by Crippen LogP contribution is 2.24. The molecule has 2 N–H and O–H groups in total. The number of para-hydroxylation sites is 3. The highest BCUT2D eigenvalue weighted by atomic mass is 16.5. The van der Waals surface area contributed by atoms with Crippen molar-refractivity contribution in [1.82, 2.24) is 9.78 Å². The van der Waals surface area contributed by atoms with Gasteiger partial charge in [0.25, 0.3) is 5.91 Å². The molecule has 1 aromatic heterocycles. The number of amides is 2. The van der Waals surface area contributed by atoms with Gasteiger partial charge in [0.1, 0.15) is 5.75 Å². The Kier molecular flexibility index (Phi) is 7.07. The molecule has 0 aliphatic rings. The number of carbonyl (C=O) groups excluding carboxylic acids is 2. The second-order valence-electron chi connectivity index (χ2n) is 7.89. The maximum atomic E-state index is 12.6. The van der Waals surface area contributed by atoms with E-state index in [9.17, 15) is 9.59 Å². The van der Waals surface area contributed by atoms with E-state index < -0.39 is 0 Å². The lowest BCUT2D eigenvalue weighted by molar-refractivity contribution is -0.111. The Bertz CT molecular complexity index is 1370. The van der Waals surface area contributed by atoms with Gasteiger partial charge in [0.15, 0.2) is 0 Å². The number of hydrogen-bond acceptors (Lipinski definition) is 4. The second-order valence-corrected chi connectivity index (χ2v) is 7.89. The second kappa shape index (κ2) is 10.5. The highest BCUT2D eigenvalue weighted by Gasteiger charge is 2.12. The Morgan fingerprint density at radius 2 is 1.57 bits per heavy atom. The van der Waals surface area contributed by atoms with E-state index in [1.54, 1.807) is 49.6 Å². The van der Waals surface area contributed by atoms with E-state index >= 15 is 0 Å². The molecule has 7 nitrogen and oxygen atoms in total. The van der Waals surface area contributed by atoms with E-state index in [0.717, 1.165) is 22.6 Å². The molecule has 0 bridgehead atoms. The van der Waals surface area contributed by atoms with Gasteiger partial charge in [0.2, 0.25) is 5.91 Å². The quantitative estimate of drug-likeness (QED) is 0.357. The number of anilines is 2. The first-order chi connectivity index (χ1) is 17.0. The molecule has 176 valence electrons. The van der Waals surface area contributed by atoms with Gasteiger partial charge < -0.3 is 15.4 Å². The smallest absolute Gasteiger partial charge is 0.255 e. The summed E-state index contributed by atoms with van der Waals surface area (Å²) in [5.41, 5.74) is 5.28. The number of methoxy groups -OCH3 is 1. The number of carbonyl (C=O) groups is 2. The van der Waals surface area contributed by atoms with Crippen molar-refractivity contribution in [3.8, 4) is 11.4 Å². The average molecular weight is 467 g/mol. The Balaban J connectivity index is 1.40. The lowest BCUT2D eigenvalue weighted by Gasteiger charge is -2.10. The topological polar surface area (TPSA) is 85.2 Å². The van der Waals surface area contributed by atoms with Gasteiger partial charge in [-0.2, -0.15) is 5.10 Å². The minimum absolute atomic E-state index is 0.270.